The van der Waals surface area contributed by atoms with Gasteiger partial charge in [-0.25, -0.2) is 4.39 Å². The largest absolute Gasteiger partial charge is 0.376 e. The van der Waals surface area contributed by atoms with Crippen molar-refractivity contribution >= 4 is 0 Å². The number of morpholine rings is 1. The van der Waals surface area contributed by atoms with Crippen molar-refractivity contribution in [2.45, 2.75) is 39.1 Å². The minimum absolute atomic E-state index is 0.218. The van der Waals surface area contributed by atoms with Gasteiger partial charge in [0.05, 0.1) is 12.7 Å². The first-order chi connectivity index (χ1) is 8.60. The number of rotatable bonds is 3. The first-order valence-electron chi connectivity index (χ1n) is 6.43. The molecule has 1 fully saturated rings. The van der Waals surface area contributed by atoms with E-state index in [0.29, 0.717) is 11.6 Å². The van der Waals surface area contributed by atoms with E-state index in [1.54, 1.807) is 0 Å². The highest BCUT2D eigenvalue weighted by molar-refractivity contribution is 5.25. The Hall–Kier alpha value is -0.970. The summed E-state index contributed by atoms with van der Waals surface area (Å²) in [7, 11) is 0. The third-order valence-electron chi connectivity index (χ3n) is 3.45. The summed E-state index contributed by atoms with van der Waals surface area (Å²) in [5.41, 5.74) is 7.22. The molecule has 1 saturated heterocycles. The van der Waals surface area contributed by atoms with Crippen molar-refractivity contribution in [2.75, 3.05) is 13.2 Å². The van der Waals surface area contributed by atoms with Crippen molar-refractivity contribution in [3.8, 4) is 0 Å². The van der Waals surface area contributed by atoms with Crippen molar-refractivity contribution in [3.05, 3.63) is 35.1 Å². The average molecular weight is 252 g/mol. The topological polar surface area (TPSA) is 38.5 Å². The smallest absolute Gasteiger partial charge is 0.127 e. The Morgan fingerprint density at radius 1 is 1.44 bits per heavy atom. The monoisotopic (exact) mass is 252 g/mol. The third kappa shape index (κ3) is 3.07. The number of hydrogen-bond acceptors (Lipinski definition) is 3. The Kier molecular flexibility index (Phi) is 4.32. The number of halogens is 1. The van der Waals surface area contributed by atoms with Crippen LogP contribution in [0.1, 0.15) is 25.0 Å². The van der Waals surface area contributed by atoms with Crippen LogP contribution in [0.4, 0.5) is 4.39 Å². The molecule has 1 heterocycles. The number of benzene rings is 1. The van der Waals surface area contributed by atoms with E-state index in [-0.39, 0.29) is 18.5 Å². The maximum absolute atomic E-state index is 13.4. The lowest BCUT2D eigenvalue weighted by atomic mass is 10.1. The van der Waals surface area contributed by atoms with Gasteiger partial charge in [0.1, 0.15) is 5.82 Å². The fourth-order valence-corrected chi connectivity index (χ4v) is 2.31. The minimum atomic E-state index is -0.218. The van der Waals surface area contributed by atoms with Gasteiger partial charge in [-0.1, -0.05) is 12.1 Å². The summed E-state index contributed by atoms with van der Waals surface area (Å²) in [4.78, 5) is 2.36. The van der Waals surface area contributed by atoms with Gasteiger partial charge in [0.2, 0.25) is 0 Å². The normalized spacial score (nSPS) is 25.3. The second kappa shape index (κ2) is 5.78. The van der Waals surface area contributed by atoms with E-state index in [4.69, 9.17) is 10.5 Å². The lowest BCUT2D eigenvalue weighted by Gasteiger charge is -2.36. The van der Waals surface area contributed by atoms with Gasteiger partial charge in [0, 0.05) is 31.2 Å². The second-order valence-electron chi connectivity index (χ2n) is 5.05. The van der Waals surface area contributed by atoms with Crippen LogP contribution in [0.25, 0.3) is 0 Å². The molecule has 0 radical (unpaired) electrons. The van der Waals surface area contributed by atoms with Crippen LogP contribution in [-0.4, -0.2) is 30.2 Å². The highest BCUT2D eigenvalue weighted by atomic mass is 19.1. The number of nitrogens with two attached hydrogens (primary N) is 1. The van der Waals surface area contributed by atoms with E-state index >= 15 is 0 Å². The summed E-state index contributed by atoms with van der Waals surface area (Å²) in [6.07, 6.45) is 0.260. The summed E-state index contributed by atoms with van der Waals surface area (Å²) >= 11 is 0. The summed E-state index contributed by atoms with van der Waals surface area (Å²) in [6.45, 7) is 6.97. The van der Waals surface area contributed by atoms with Crippen molar-refractivity contribution in [1.29, 1.82) is 0 Å². The molecule has 0 saturated carbocycles. The van der Waals surface area contributed by atoms with Gasteiger partial charge >= 0.3 is 0 Å². The molecule has 0 bridgehead atoms. The van der Waals surface area contributed by atoms with Gasteiger partial charge in [-0.3, -0.25) is 4.90 Å². The van der Waals surface area contributed by atoms with E-state index in [2.05, 4.69) is 18.7 Å². The predicted octanol–water partition coefficient (Wildman–Crippen LogP) is 1.89. The van der Waals surface area contributed by atoms with Crippen LogP contribution >= 0.6 is 0 Å². The van der Waals surface area contributed by atoms with Gasteiger partial charge in [0.15, 0.2) is 0 Å². The van der Waals surface area contributed by atoms with Crippen LogP contribution in [0.5, 0.6) is 0 Å². The summed E-state index contributed by atoms with van der Waals surface area (Å²) < 4.78 is 19.0. The molecule has 18 heavy (non-hydrogen) atoms. The van der Waals surface area contributed by atoms with Crippen LogP contribution in [0, 0.1) is 5.82 Å². The second-order valence-corrected chi connectivity index (χ2v) is 5.05. The summed E-state index contributed by atoms with van der Waals surface area (Å²) in [6, 6.07) is 5.60. The molecule has 100 valence electrons. The van der Waals surface area contributed by atoms with Crippen LogP contribution < -0.4 is 5.73 Å². The zero-order valence-electron chi connectivity index (χ0n) is 11.0. The van der Waals surface area contributed by atoms with Gasteiger partial charge in [-0.15, -0.1) is 0 Å². The molecule has 3 nitrogen and oxygen atoms in total. The molecule has 0 amide bonds. The number of hydrogen-bond donors (Lipinski definition) is 1. The molecule has 2 N–H and O–H groups in total. The zero-order chi connectivity index (χ0) is 13.1. The third-order valence-corrected chi connectivity index (χ3v) is 3.45. The lowest BCUT2D eigenvalue weighted by molar-refractivity contribution is -0.0526. The molecule has 4 heteroatoms. The van der Waals surface area contributed by atoms with E-state index in [1.165, 1.54) is 6.07 Å². The molecule has 1 aliphatic heterocycles. The molecular formula is C14H21FN2O. The van der Waals surface area contributed by atoms with Gasteiger partial charge in [-0.2, -0.15) is 0 Å². The van der Waals surface area contributed by atoms with Crippen molar-refractivity contribution in [3.63, 3.8) is 0 Å². The summed E-state index contributed by atoms with van der Waals surface area (Å²) in [5.74, 6) is -0.218. The molecular weight excluding hydrogens is 231 g/mol. The Morgan fingerprint density at radius 2 is 2.22 bits per heavy atom. The molecule has 1 aromatic carbocycles. The van der Waals surface area contributed by atoms with Crippen LogP contribution in [0.2, 0.25) is 0 Å². The molecule has 1 aliphatic rings. The molecule has 0 aliphatic carbocycles. The van der Waals surface area contributed by atoms with Crippen molar-refractivity contribution in [2.24, 2.45) is 5.73 Å². The molecule has 2 rings (SSSR count). The Morgan fingerprint density at radius 3 is 2.94 bits per heavy atom. The standard InChI is InChI=1S/C14H21FN2O/c1-10-9-18-11(2)7-17(10)8-12-3-4-14(15)13(5-12)6-16/h3-5,10-11H,6-9,16H2,1-2H3. The fraction of sp³-hybridized carbons (Fsp3) is 0.571. The first kappa shape index (κ1) is 13.5. The maximum atomic E-state index is 13.4. The highest BCUT2D eigenvalue weighted by Gasteiger charge is 2.23. The number of ether oxygens (including phenoxy) is 1. The molecule has 0 aromatic heterocycles. The van der Waals surface area contributed by atoms with Crippen molar-refractivity contribution in [1.82, 2.24) is 4.90 Å². The lowest BCUT2D eigenvalue weighted by Crippen LogP contribution is -2.46. The van der Waals surface area contributed by atoms with Gasteiger partial charge in [-0.05, 0) is 25.5 Å². The molecule has 1 aromatic rings. The van der Waals surface area contributed by atoms with E-state index in [1.807, 2.05) is 12.1 Å². The average Bonchev–Trinajstić information content (AvgIpc) is 2.36. The van der Waals surface area contributed by atoms with E-state index in [0.717, 1.165) is 25.3 Å². The fourth-order valence-electron chi connectivity index (χ4n) is 2.31. The molecule has 0 spiro atoms. The van der Waals surface area contributed by atoms with Crippen LogP contribution in [0.15, 0.2) is 18.2 Å². The van der Waals surface area contributed by atoms with Crippen molar-refractivity contribution < 1.29 is 9.13 Å². The summed E-state index contributed by atoms with van der Waals surface area (Å²) in [5, 5.41) is 0. The highest BCUT2D eigenvalue weighted by Crippen LogP contribution is 2.17. The quantitative estimate of drug-likeness (QED) is 0.893. The van der Waals surface area contributed by atoms with Gasteiger partial charge in [0.25, 0.3) is 0 Å². The Balaban J connectivity index is 2.08. The van der Waals surface area contributed by atoms with E-state index in [9.17, 15) is 4.39 Å². The Labute approximate surface area is 108 Å². The van der Waals surface area contributed by atoms with Crippen LogP contribution in [-0.2, 0) is 17.8 Å². The first-order valence-corrected chi connectivity index (χ1v) is 6.43. The van der Waals surface area contributed by atoms with Gasteiger partial charge < -0.3 is 10.5 Å². The molecule has 2 unspecified atom stereocenters. The van der Waals surface area contributed by atoms with Crippen LogP contribution in [0.3, 0.4) is 0 Å². The minimum Gasteiger partial charge on any atom is -0.376 e. The maximum Gasteiger partial charge on any atom is 0.127 e. The van der Waals surface area contributed by atoms with E-state index < -0.39 is 0 Å². The molecule has 2 atom stereocenters. The Bertz CT molecular complexity index is 411. The zero-order valence-corrected chi connectivity index (χ0v) is 11.0. The predicted molar refractivity (Wildman–Crippen MR) is 69.6 cm³/mol. The number of nitrogens with zero attached hydrogens (tertiary/aromatic N) is 1. The SMILES string of the molecule is CC1CN(Cc2ccc(F)c(CN)c2)C(C)CO1.